The summed E-state index contributed by atoms with van der Waals surface area (Å²) in [7, 11) is 0. The lowest BCUT2D eigenvalue weighted by molar-refractivity contribution is 0.0950. The highest BCUT2D eigenvalue weighted by atomic mass is 35.5. The molecule has 178 valence electrons. The smallest absolute Gasteiger partial charge is 0.251 e. The minimum atomic E-state index is -0.424. The molecule has 0 saturated carbocycles. The first-order valence-electron chi connectivity index (χ1n) is 11.4. The summed E-state index contributed by atoms with van der Waals surface area (Å²) >= 11 is 12.6. The van der Waals surface area contributed by atoms with Crippen LogP contribution in [0.5, 0.6) is 5.75 Å². The number of nitrogens with zero attached hydrogens (tertiary/aromatic N) is 2. The van der Waals surface area contributed by atoms with E-state index in [2.05, 4.69) is 15.2 Å². The van der Waals surface area contributed by atoms with Gasteiger partial charge in [-0.05, 0) is 68.8 Å². The molecule has 2 aromatic carbocycles. The van der Waals surface area contributed by atoms with Crippen LogP contribution in [0, 0.1) is 0 Å². The number of hydrogen-bond acceptors (Lipinski definition) is 5. The van der Waals surface area contributed by atoms with Crippen LogP contribution >= 0.6 is 23.2 Å². The zero-order chi connectivity index (χ0) is 24.1. The van der Waals surface area contributed by atoms with Crippen LogP contribution in [0.2, 0.25) is 10.0 Å². The average Bonchev–Trinajstić information content (AvgIpc) is 3.34. The third kappa shape index (κ3) is 5.81. The van der Waals surface area contributed by atoms with E-state index in [1.165, 1.54) is 12.8 Å². The van der Waals surface area contributed by atoms with Crippen molar-refractivity contribution in [1.29, 1.82) is 0 Å². The first-order valence-corrected chi connectivity index (χ1v) is 12.1. The Balaban J connectivity index is 1.43. The molecule has 3 N–H and O–H groups in total. The number of pyridine rings is 1. The molecule has 0 radical (unpaired) electrons. The molecule has 1 fully saturated rings. The van der Waals surface area contributed by atoms with E-state index in [0.29, 0.717) is 33.5 Å². The Labute approximate surface area is 210 Å². The molecule has 0 aliphatic carbocycles. The van der Waals surface area contributed by atoms with Gasteiger partial charge in [0.05, 0.1) is 0 Å². The van der Waals surface area contributed by atoms with E-state index in [1.54, 1.807) is 24.4 Å². The molecule has 1 aliphatic rings. The van der Waals surface area contributed by atoms with Gasteiger partial charge in [0.15, 0.2) is 11.6 Å². The van der Waals surface area contributed by atoms with E-state index >= 15 is 0 Å². The number of hydrogen-bond donors (Lipinski definition) is 2. The van der Waals surface area contributed by atoms with Crippen LogP contribution in [0.1, 0.15) is 41.8 Å². The molecule has 2 heterocycles. The molecule has 6 nitrogen and oxygen atoms in total. The zero-order valence-corrected chi connectivity index (χ0v) is 20.6. The average molecular weight is 499 g/mol. The van der Waals surface area contributed by atoms with Gasteiger partial charge in [-0.3, -0.25) is 4.79 Å². The molecule has 0 bridgehead atoms. The maximum atomic E-state index is 12.5. The Hall–Kier alpha value is -2.80. The lowest BCUT2D eigenvalue weighted by atomic mass is 10.0. The predicted octanol–water partition coefficient (Wildman–Crippen LogP) is 5.60. The highest BCUT2D eigenvalue weighted by molar-refractivity contribution is 6.36. The van der Waals surface area contributed by atoms with Gasteiger partial charge in [0, 0.05) is 46.0 Å². The van der Waals surface area contributed by atoms with Gasteiger partial charge < -0.3 is 20.7 Å². The summed E-state index contributed by atoms with van der Waals surface area (Å²) in [5.41, 5.74) is 9.09. The SMILES string of the molecule is CC(Oc1cc(-c2ccc(C(=O)NCCN3CCCC3)cc2)cnc1N)c1c(Cl)cccc1Cl. The number of anilines is 1. The number of aromatic nitrogens is 1. The third-order valence-electron chi connectivity index (χ3n) is 5.98. The lowest BCUT2D eigenvalue weighted by Gasteiger charge is -2.19. The van der Waals surface area contributed by atoms with E-state index < -0.39 is 6.10 Å². The van der Waals surface area contributed by atoms with Crippen LogP contribution in [0.4, 0.5) is 5.82 Å². The number of carbonyl (C=O) groups is 1. The van der Waals surface area contributed by atoms with Gasteiger partial charge in [-0.15, -0.1) is 0 Å². The number of nitrogen functional groups attached to an aromatic ring is 1. The largest absolute Gasteiger partial charge is 0.482 e. The Morgan fingerprint density at radius 3 is 2.47 bits per heavy atom. The number of carbonyl (C=O) groups excluding carboxylic acids is 1. The molecule has 1 amide bonds. The Bertz CT molecular complexity index is 1130. The van der Waals surface area contributed by atoms with E-state index in [9.17, 15) is 4.79 Å². The van der Waals surface area contributed by atoms with Crippen LogP contribution in [0.3, 0.4) is 0 Å². The van der Waals surface area contributed by atoms with Gasteiger partial charge >= 0.3 is 0 Å². The van der Waals surface area contributed by atoms with E-state index in [-0.39, 0.29) is 11.7 Å². The molecule has 1 aliphatic heterocycles. The molecule has 1 saturated heterocycles. The second-order valence-electron chi connectivity index (χ2n) is 8.38. The van der Waals surface area contributed by atoms with Crippen molar-refractivity contribution in [3.63, 3.8) is 0 Å². The second kappa shape index (κ2) is 11.1. The molecular weight excluding hydrogens is 471 g/mol. The second-order valence-corrected chi connectivity index (χ2v) is 9.20. The van der Waals surface area contributed by atoms with Gasteiger partial charge in [0.2, 0.25) is 0 Å². The van der Waals surface area contributed by atoms with Gasteiger partial charge in [-0.25, -0.2) is 4.98 Å². The van der Waals surface area contributed by atoms with Crippen LogP contribution in [-0.4, -0.2) is 42.0 Å². The number of halogens is 2. The fourth-order valence-electron chi connectivity index (χ4n) is 4.11. The predicted molar refractivity (Wildman–Crippen MR) is 138 cm³/mol. The lowest BCUT2D eigenvalue weighted by Crippen LogP contribution is -2.33. The van der Waals surface area contributed by atoms with Crippen LogP contribution in [0.15, 0.2) is 54.7 Å². The first kappa shape index (κ1) is 24.3. The maximum Gasteiger partial charge on any atom is 0.251 e. The van der Waals surface area contributed by atoms with Gasteiger partial charge in [-0.1, -0.05) is 41.4 Å². The Morgan fingerprint density at radius 1 is 1.12 bits per heavy atom. The van der Waals surface area contributed by atoms with Crippen molar-refractivity contribution in [2.75, 3.05) is 31.9 Å². The normalized spacial score (nSPS) is 14.7. The number of ether oxygens (including phenoxy) is 1. The summed E-state index contributed by atoms with van der Waals surface area (Å²) in [5.74, 6) is 0.633. The molecular formula is C26H28Cl2N4O2. The summed E-state index contributed by atoms with van der Waals surface area (Å²) in [5, 5.41) is 4.05. The number of rotatable bonds is 8. The number of likely N-dealkylation sites (tertiary alicyclic amines) is 1. The minimum absolute atomic E-state index is 0.0735. The Kier molecular flexibility index (Phi) is 7.93. The van der Waals surface area contributed by atoms with Crippen LogP contribution in [0.25, 0.3) is 11.1 Å². The maximum absolute atomic E-state index is 12.5. The van der Waals surface area contributed by atoms with Gasteiger partial charge in [-0.2, -0.15) is 0 Å². The summed E-state index contributed by atoms with van der Waals surface area (Å²) < 4.78 is 6.08. The topological polar surface area (TPSA) is 80.5 Å². The van der Waals surface area contributed by atoms with Gasteiger partial charge in [0.25, 0.3) is 5.91 Å². The van der Waals surface area contributed by atoms with Crippen LogP contribution < -0.4 is 15.8 Å². The fraction of sp³-hybridized carbons (Fsp3) is 0.308. The first-order chi connectivity index (χ1) is 16.4. The summed E-state index contributed by atoms with van der Waals surface area (Å²) in [6.07, 6.45) is 3.75. The summed E-state index contributed by atoms with van der Waals surface area (Å²) in [6, 6.07) is 14.5. The number of nitrogens with two attached hydrogens (primary N) is 1. The summed E-state index contributed by atoms with van der Waals surface area (Å²) in [6.45, 7) is 5.64. The van der Waals surface area contributed by atoms with Crippen LogP contribution in [-0.2, 0) is 0 Å². The van der Waals surface area contributed by atoms with Crippen molar-refractivity contribution in [2.24, 2.45) is 0 Å². The molecule has 1 atom stereocenters. The molecule has 0 spiro atoms. The quantitative estimate of drug-likeness (QED) is 0.422. The van der Waals surface area contributed by atoms with Crippen molar-refractivity contribution < 1.29 is 9.53 Å². The summed E-state index contributed by atoms with van der Waals surface area (Å²) in [4.78, 5) is 19.1. The van der Waals surface area contributed by atoms with Gasteiger partial charge in [0.1, 0.15) is 6.10 Å². The molecule has 4 rings (SSSR count). The molecule has 3 aromatic rings. The standard InChI is InChI=1S/C26H28Cl2N4O2/c1-17(24-21(27)5-4-6-22(24)28)34-23-15-20(16-31-25(23)29)18-7-9-19(10-8-18)26(33)30-11-14-32-12-2-3-13-32/h4-10,15-17H,2-3,11-14H2,1H3,(H2,29,31)(H,30,33). The molecule has 34 heavy (non-hydrogen) atoms. The van der Waals surface area contributed by atoms with Crippen molar-refractivity contribution in [1.82, 2.24) is 15.2 Å². The number of amides is 1. The highest BCUT2D eigenvalue weighted by Gasteiger charge is 2.18. The molecule has 1 unspecified atom stereocenters. The highest BCUT2D eigenvalue weighted by Crippen LogP contribution is 2.35. The van der Waals surface area contributed by atoms with Crippen molar-refractivity contribution in [3.8, 4) is 16.9 Å². The van der Waals surface area contributed by atoms with Crippen molar-refractivity contribution >= 4 is 34.9 Å². The minimum Gasteiger partial charge on any atom is -0.482 e. The molecule has 8 heteroatoms. The third-order valence-corrected chi connectivity index (χ3v) is 6.64. The number of nitrogens with one attached hydrogen (secondary N) is 1. The monoisotopic (exact) mass is 498 g/mol. The fourth-order valence-corrected chi connectivity index (χ4v) is 4.81. The molecule has 1 aromatic heterocycles. The van der Waals surface area contributed by atoms with Crippen molar-refractivity contribution in [3.05, 3.63) is 75.9 Å². The van der Waals surface area contributed by atoms with E-state index in [0.717, 1.165) is 30.8 Å². The van der Waals surface area contributed by atoms with Crippen molar-refractivity contribution in [2.45, 2.75) is 25.9 Å². The van der Waals surface area contributed by atoms with E-state index in [4.69, 9.17) is 33.7 Å². The zero-order valence-electron chi connectivity index (χ0n) is 19.1. The van der Waals surface area contributed by atoms with E-state index in [1.807, 2.05) is 37.3 Å². The number of benzene rings is 2. The Morgan fingerprint density at radius 2 is 1.79 bits per heavy atom.